The summed E-state index contributed by atoms with van der Waals surface area (Å²) >= 11 is 0. The number of halogens is 1. The maximum Gasteiger partial charge on any atom is 0.309 e. The first-order valence-electron chi connectivity index (χ1n) is 10.3. The van der Waals surface area contributed by atoms with Crippen molar-refractivity contribution in [2.75, 3.05) is 32.8 Å². The van der Waals surface area contributed by atoms with Crippen molar-refractivity contribution >= 4 is 46.9 Å². The number of rotatable bonds is 7. The molecule has 1 aliphatic heterocycles. The van der Waals surface area contributed by atoms with Gasteiger partial charge in [0.05, 0.1) is 23.6 Å². The molecule has 1 aliphatic rings. The molecule has 2 N–H and O–H groups in total. The second kappa shape index (κ2) is 12.0. The van der Waals surface area contributed by atoms with Gasteiger partial charge in [-0.3, -0.25) is 9.79 Å². The van der Waals surface area contributed by atoms with Crippen molar-refractivity contribution in [1.29, 1.82) is 0 Å². The third kappa shape index (κ3) is 6.58. The average molecular weight is 513 g/mol. The highest BCUT2D eigenvalue weighted by Crippen LogP contribution is 2.19. The number of aromatic nitrogens is 2. The van der Waals surface area contributed by atoms with Crippen LogP contribution in [0.15, 0.2) is 29.3 Å². The summed E-state index contributed by atoms with van der Waals surface area (Å²) in [7, 11) is 0. The van der Waals surface area contributed by atoms with Gasteiger partial charge in [-0.05, 0) is 45.2 Å². The van der Waals surface area contributed by atoms with Crippen LogP contribution < -0.4 is 5.32 Å². The zero-order chi connectivity index (χ0) is 19.8. The number of guanidine groups is 1. The number of fused-ring (bicyclic) bond motifs is 1. The Hall–Kier alpha value is -1.84. The molecule has 1 fully saturated rings. The summed E-state index contributed by atoms with van der Waals surface area (Å²) in [5, 5.41) is 3.38. The molecule has 29 heavy (non-hydrogen) atoms. The van der Waals surface area contributed by atoms with Crippen molar-refractivity contribution in [3.63, 3.8) is 0 Å². The van der Waals surface area contributed by atoms with Crippen molar-refractivity contribution in [1.82, 2.24) is 20.2 Å². The van der Waals surface area contributed by atoms with Gasteiger partial charge >= 0.3 is 5.97 Å². The topological polar surface area (TPSA) is 82.6 Å². The zero-order valence-electron chi connectivity index (χ0n) is 17.3. The number of ether oxygens (including phenoxy) is 1. The molecule has 7 nitrogen and oxygen atoms in total. The molecular formula is C21H32IN5O2. The Kier molecular flexibility index (Phi) is 9.69. The third-order valence-electron chi connectivity index (χ3n) is 5.02. The fourth-order valence-electron chi connectivity index (χ4n) is 3.57. The predicted octanol–water partition coefficient (Wildman–Crippen LogP) is 3.35. The molecule has 1 aromatic carbocycles. The monoisotopic (exact) mass is 513 g/mol. The Balaban J connectivity index is 0.00000300. The number of imidazole rings is 1. The van der Waals surface area contributed by atoms with Gasteiger partial charge in [-0.1, -0.05) is 12.1 Å². The Morgan fingerprint density at radius 1 is 1.31 bits per heavy atom. The number of nitrogens with zero attached hydrogens (tertiary/aromatic N) is 3. The van der Waals surface area contributed by atoms with E-state index in [4.69, 9.17) is 9.73 Å². The van der Waals surface area contributed by atoms with E-state index in [-0.39, 0.29) is 35.9 Å². The molecule has 3 rings (SSSR count). The van der Waals surface area contributed by atoms with Crippen LogP contribution in [0.5, 0.6) is 0 Å². The summed E-state index contributed by atoms with van der Waals surface area (Å²) in [6, 6.07) is 8.09. The van der Waals surface area contributed by atoms with Crippen LogP contribution in [0.4, 0.5) is 0 Å². The van der Waals surface area contributed by atoms with Crippen LogP contribution in [-0.2, 0) is 16.0 Å². The minimum absolute atomic E-state index is 0. The average Bonchev–Trinajstić information content (AvgIpc) is 3.13. The molecule has 1 saturated heterocycles. The number of aromatic amines is 1. The molecule has 0 unspecified atom stereocenters. The number of piperidine rings is 1. The summed E-state index contributed by atoms with van der Waals surface area (Å²) in [5.74, 6) is 1.91. The van der Waals surface area contributed by atoms with E-state index in [2.05, 4.69) is 27.1 Å². The number of likely N-dealkylation sites (tertiary alicyclic amines) is 1. The van der Waals surface area contributed by atoms with E-state index in [9.17, 15) is 4.79 Å². The van der Waals surface area contributed by atoms with Crippen LogP contribution in [0, 0.1) is 5.92 Å². The van der Waals surface area contributed by atoms with Crippen molar-refractivity contribution < 1.29 is 9.53 Å². The molecule has 1 aromatic heterocycles. The van der Waals surface area contributed by atoms with Crippen LogP contribution in [0.2, 0.25) is 0 Å². The number of para-hydroxylation sites is 2. The number of carbonyl (C=O) groups is 1. The van der Waals surface area contributed by atoms with Gasteiger partial charge in [0.2, 0.25) is 0 Å². The number of carbonyl (C=O) groups excluding carboxylic acids is 1. The van der Waals surface area contributed by atoms with Crippen LogP contribution in [0.1, 0.15) is 38.9 Å². The lowest BCUT2D eigenvalue weighted by atomic mass is 9.97. The molecule has 0 amide bonds. The van der Waals surface area contributed by atoms with Gasteiger partial charge < -0.3 is 19.9 Å². The third-order valence-corrected chi connectivity index (χ3v) is 5.02. The summed E-state index contributed by atoms with van der Waals surface area (Å²) < 4.78 is 5.16. The highest BCUT2D eigenvalue weighted by Gasteiger charge is 2.27. The lowest BCUT2D eigenvalue weighted by molar-refractivity contribution is -0.149. The molecule has 160 valence electrons. The Morgan fingerprint density at radius 3 is 2.76 bits per heavy atom. The molecule has 0 bridgehead atoms. The quantitative estimate of drug-likeness (QED) is 0.195. The molecule has 0 radical (unpaired) electrons. The fraction of sp³-hybridized carbons (Fsp3) is 0.571. The van der Waals surface area contributed by atoms with E-state index >= 15 is 0 Å². The van der Waals surface area contributed by atoms with Crippen LogP contribution >= 0.6 is 24.0 Å². The molecule has 2 heterocycles. The molecule has 8 heteroatoms. The lowest BCUT2D eigenvalue weighted by Gasteiger charge is -2.33. The minimum Gasteiger partial charge on any atom is -0.466 e. The van der Waals surface area contributed by atoms with Crippen molar-refractivity contribution in [3.8, 4) is 0 Å². The van der Waals surface area contributed by atoms with E-state index in [1.165, 1.54) is 0 Å². The summed E-state index contributed by atoms with van der Waals surface area (Å²) in [5.41, 5.74) is 2.10. The Morgan fingerprint density at radius 2 is 2.07 bits per heavy atom. The van der Waals surface area contributed by atoms with Gasteiger partial charge in [-0.15, -0.1) is 24.0 Å². The first kappa shape index (κ1) is 23.4. The van der Waals surface area contributed by atoms with Crippen LogP contribution in [-0.4, -0.2) is 59.6 Å². The molecule has 0 spiro atoms. The van der Waals surface area contributed by atoms with E-state index in [1.54, 1.807) is 0 Å². The number of benzene rings is 1. The van der Waals surface area contributed by atoms with Gasteiger partial charge in [0.25, 0.3) is 0 Å². The SMILES string of the molecule is CCNC(=NCCCc1nc2ccccc2[nH]1)N1CCC(C(=O)OCC)CC1.I. The maximum atomic E-state index is 11.9. The fourth-order valence-corrected chi connectivity index (χ4v) is 3.57. The normalized spacial score (nSPS) is 15.2. The molecule has 0 atom stereocenters. The van der Waals surface area contributed by atoms with Crippen molar-refractivity contribution in [2.45, 2.75) is 39.5 Å². The largest absolute Gasteiger partial charge is 0.466 e. The summed E-state index contributed by atoms with van der Waals surface area (Å²) in [6.45, 7) is 7.63. The molecule has 0 saturated carbocycles. The van der Waals surface area contributed by atoms with E-state index in [1.807, 2.05) is 31.2 Å². The van der Waals surface area contributed by atoms with Gasteiger partial charge in [-0.25, -0.2) is 4.98 Å². The van der Waals surface area contributed by atoms with Gasteiger partial charge in [0.1, 0.15) is 5.82 Å². The molecule has 0 aliphatic carbocycles. The van der Waals surface area contributed by atoms with Gasteiger partial charge in [-0.2, -0.15) is 0 Å². The van der Waals surface area contributed by atoms with E-state index < -0.39 is 0 Å². The number of hydrogen-bond acceptors (Lipinski definition) is 4. The molecule has 2 aromatic rings. The first-order chi connectivity index (χ1) is 13.7. The van der Waals surface area contributed by atoms with Crippen LogP contribution in [0.3, 0.4) is 0 Å². The van der Waals surface area contributed by atoms with E-state index in [0.29, 0.717) is 6.61 Å². The Labute approximate surface area is 189 Å². The number of aryl methyl sites for hydroxylation is 1. The maximum absolute atomic E-state index is 11.9. The van der Waals surface area contributed by atoms with Crippen LogP contribution in [0.25, 0.3) is 11.0 Å². The number of hydrogen-bond donors (Lipinski definition) is 2. The number of H-pyrrole nitrogens is 1. The zero-order valence-corrected chi connectivity index (χ0v) is 19.6. The summed E-state index contributed by atoms with van der Waals surface area (Å²) in [4.78, 5) is 26.9. The minimum atomic E-state index is -0.0603. The van der Waals surface area contributed by atoms with E-state index in [0.717, 1.165) is 74.7 Å². The summed E-state index contributed by atoms with van der Waals surface area (Å²) in [6.07, 6.45) is 3.46. The highest BCUT2D eigenvalue weighted by molar-refractivity contribution is 14.0. The second-order valence-corrected chi connectivity index (χ2v) is 7.05. The highest BCUT2D eigenvalue weighted by atomic mass is 127. The van der Waals surface area contributed by atoms with Gasteiger partial charge in [0, 0.05) is 32.6 Å². The van der Waals surface area contributed by atoms with Crippen molar-refractivity contribution in [2.24, 2.45) is 10.9 Å². The number of aliphatic imine (C=N–C) groups is 1. The number of nitrogens with one attached hydrogen (secondary N) is 2. The second-order valence-electron chi connectivity index (χ2n) is 7.05. The first-order valence-corrected chi connectivity index (χ1v) is 10.3. The Bertz CT molecular complexity index is 766. The smallest absolute Gasteiger partial charge is 0.309 e. The van der Waals surface area contributed by atoms with Gasteiger partial charge in [0.15, 0.2) is 5.96 Å². The van der Waals surface area contributed by atoms with Crippen molar-refractivity contribution in [3.05, 3.63) is 30.1 Å². The standard InChI is InChI=1S/C21H31N5O2.HI/c1-3-22-21(26-14-11-16(12-15-26)20(27)28-4-2)23-13-7-10-19-24-17-8-5-6-9-18(17)25-19;/h5-6,8-9,16H,3-4,7,10-15H2,1-2H3,(H,22,23)(H,24,25);1H. The predicted molar refractivity (Wildman–Crippen MR) is 127 cm³/mol. The lowest BCUT2D eigenvalue weighted by Crippen LogP contribution is -2.46. The number of esters is 1. The molecular weight excluding hydrogens is 481 g/mol.